The highest BCUT2D eigenvalue weighted by atomic mass is 32.1. The number of carbonyl (C=O) groups is 2. The first-order valence-electron chi connectivity index (χ1n) is 11.4. The van der Waals surface area contributed by atoms with Gasteiger partial charge in [-0.25, -0.2) is 4.98 Å². The van der Waals surface area contributed by atoms with E-state index in [1.54, 1.807) is 0 Å². The lowest BCUT2D eigenvalue weighted by molar-refractivity contribution is -0.125. The number of pyridine rings is 1. The van der Waals surface area contributed by atoms with Gasteiger partial charge in [-0.1, -0.05) is 11.3 Å². The molecule has 0 saturated carbocycles. The van der Waals surface area contributed by atoms with E-state index in [2.05, 4.69) is 15.2 Å². The van der Waals surface area contributed by atoms with Crippen LogP contribution in [0.4, 0.5) is 5.00 Å². The summed E-state index contributed by atoms with van der Waals surface area (Å²) in [7, 11) is 0. The SMILES string of the molecule is Cc1ccc2c(C(=O)N3CCC(N4CCCC(S)(C(=O)NC(C)C)C4)CC3)c(N)sc2n1. The Labute approximate surface area is 199 Å². The molecule has 32 heavy (non-hydrogen) atoms. The highest BCUT2D eigenvalue weighted by Gasteiger charge is 2.41. The number of nitrogens with zero attached hydrogens (tertiary/aromatic N) is 3. The quantitative estimate of drug-likeness (QED) is 0.591. The molecule has 174 valence electrons. The molecule has 4 heterocycles. The van der Waals surface area contributed by atoms with Crippen LogP contribution in [0.3, 0.4) is 0 Å². The molecule has 2 amide bonds. The van der Waals surface area contributed by atoms with Crippen molar-refractivity contribution in [2.24, 2.45) is 0 Å². The number of aryl methyl sites for hydroxylation is 1. The van der Waals surface area contributed by atoms with Gasteiger partial charge in [0.25, 0.3) is 5.91 Å². The number of amides is 2. The van der Waals surface area contributed by atoms with Crippen molar-refractivity contribution in [2.75, 3.05) is 31.9 Å². The molecule has 2 saturated heterocycles. The molecule has 0 aromatic carbocycles. The van der Waals surface area contributed by atoms with Crippen LogP contribution >= 0.6 is 24.0 Å². The van der Waals surface area contributed by atoms with E-state index in [-0.39, 0.29) is 17.9 Å². The van der Waals surface area contributed by atoms with E-state index in [0.717, 1.165) is 48.1 Å². The second-order valence-electron chi connectivity index (χ2n) is 9.40. The molecule has 2 fully saturated rings. The van der Waals surface area contributed by atoms with E-state index >= 15 is 0 Å². The zero-order chi connectivity index (χ0) is 23.0. The number of fused-ring (bicyclic) bond motifs is 1. The number of nitrogens with one attached hydrogen (secondary N) is 1. The molecular weight excluding hydrogens is 442 g/mol. The summed E-state index contributed by atoms with van der Waals surface area (Å²) in [6, 6.07) is 4.34. The number of thiophene rings is 1. The van der Waals surface area contributed by atoms with Gasteiger partial charge in [0, 0.05) is 42.8 Å². The average Bonchev–Trinajstić information content (AvgIpc) is 3.07. The summed E-state index contributed by atoms with van der Waals surface area (Å²) in [4.78, 5) is 35.7. The van der Waals surface area contributed by atoms with E-state index < -0.39 is 4.75 Å². The molecule has 0 aliphatic carbocycles. The second-order valence-corrected chi connectivity index (χ2v) is 11.3. The highest BCUT2D eigenvalue weighted by molar-refractivity contribution is 7.82. The van der Waals surface area contributed by atoms with Crippen molar-refractivity contribution in [1.82, 2.24) is 20.1 Å². The number of rotatable bonds is 4. The normalized spacial score (nSPS) is 23.1. The number of nitrogens with two attached hydrogens (primary N) is 1. The first-order chi connectivity index (χ1) is 15.2. The van der Waals surface area contributed by atoms with Crippen molar-refractivity contribution in [2.45, 2.75) is 63.3 Å². The third kappa shape index (κ3) is 4.61. The molecule has 0 bridgehead atoms. The third-order valence-corrected chi connectivity index (χ3v) is 8.04. The van der Waals surface area contributed by atoms with Crippen LogP contribution in [0.2, 0.25) is 0 Å². The van der Waals surface area contributed by atoms with Gasteiger partial charge in [-0.15, -0.1) is 0 Å². The van der Waals surface area contributed by atoms with E-state index in [1.165, 1.54) is 11.3 Å². The summed E-state index contributed by atoms with van der Waals surface area (Å²) in [5.41, 5.74) is 7.73. The van der Waals surface area contributed by atoms with Crippen molar-refractivity contribution >= 4 is 51.0 Å². The Morgan fingerprint density at radius 2 is 2.00 bits per heavy atom. The Kier molecular flexibility index (Phi) is 6.70. The summed E-state index contributed by atoms with van der Waals surface area (Å²) < 4.78 is -0.648. The smallest absolute Gasteiger partial charge is 0.257 e. The van der Waals surface area contributed by atoms with Crippen LogP contribution in [0.1, 0.15) is 55.6 Å². The number of thiol groups is 1. The van der Waals surface area contributed by atoms with Gasteiger partial charge in [0.15, 0.2) is 0 Å². The van der Waals surface area contributed by atoms with Crippen molar-refractivity contribution in [3.05, 3.63) is 23.4 Å². The van der Waals surface area contributed by atoms with Gasteiger partial charge in [-0.2, -0.15) is 12.6 Å². The maximum atomic E-state index is 13.3. The van der Waals surface area contributed by atoms with Crippen molar-refractivity contribution in [3.63, 3.8) is 0 Å². The molecule has 3 N–H and O–H groups in total. The predicted molar refractivity (Wildman–Crippen MR) is 133 cm³/mol. The fourth-order valence-corrected chi connectivity index (χ4v) is 6.25. The standard InChI is InChI=1S/C23H33N5O2S2/c1-14(2)25-22(30)23(31)9-4-10-28(13-23)16-7-11-27(12-8-16)21(29)18-17-6-5-15(3)26-20(17)32-19(18)24/h5-6,14,16,31H,4,7-13,24H2,1-3H3,(H,25,30). The Morgan fingerprint density at radius 3 is 2.69 bits per heavy atom. The molecular formula is C23H33N5O2S2. The molecule has 2 aliphatic rings. The maximum Gasteiger partial charge on any atom is 0.257 e. The van der Waals surface area contributed by atoms with Gasteiger partial charge in [0.1, 0.15) is 14.6 Å². The largest absolute Gasteiger partial charge is 0.390 e. The summed E-state index contributed by atoms with van der Waals surface area (Å²) in [5, 5.41) is 4.41. The lowest BCUT2D eigenvalue weighted by Crippen LogP contribution is -2.58. The molecule has 9 heteroatoms. The van der Waals surface area contributed by atoms with Gasteiger partial charge in [-0.05, 0) is 65.1 Å². The molecule has 2 aromatic heterocycles. The Hall–Kier alpha value is -1.84. The van der Waals surface area contributed by atoms with Crippen LogP contribution in [-0.4, -0.2) is 69.6 Å². The van der Waals surface area contributed by atoms with Crippen molar-refractivity contribution in [3.8, 4) is 0 Å². The second kappa shape index (κ2) is 9.19. The number of likely N-dealkylation sites (tertiary alicyclic amines) is 2. The average molecular weight is 476 g/mol. The van der Waals surface area contributed by atoms with Crippen LogP contribution in [-0.2, 0) is 4.79 Å². The number of carbonyl (C=O) groups excluding carboxylic acids is 2. The summed E-state index contributed by atoms with van der Waals surface area (Å²) >= 11 is 6.18. The molecule has 4 rings (SSSR count). The Morgan fingerprint density at radius 1 is 1.28 bits per heavy atom. The number of hydrogen-bond donors (Lipinski definition) is 3. The highest BCUT2D eigenvalue weighted by Crippen LogP contribution is 2.35. The van der Waals surface area contributed by atoms with Crippen LogP contribution in [0.5, 0.6) is 0 Å². The number of hydrogen-bond acceptors (Lipinski definition) is 7. The van der Waals surface area contributed by atoms with Gasteiger partial charge >= 0.3 is 0 Å². The minimum Gasteiger partial charge on any atom is -0.390 e. The summed E-state index contributed by atoms with van der Waals surface area (Å²) in [6.07, 6.45) is 3.53. The predicted octanol–water partition coefficient (Wildman–Crippen LogP) is 3.08. The lowest BCUT2D eigenvalue weighted by atomic mass is 9.92. The first kappa shape index (κ1) is 23.3. The molecule has 2 aliphatic heterocycles. The minimum atomic E-state index is -0.648. The lowest BCUT2D eigenvalue weighted by Gasteiger charge is -2.45. The molecule has 0 radical (unpaired) electrons. The Balaban J connectivity index is 1.41. The minimum absolute atomic E-state index is 0.00338. The summed E-state index contributed by atoms with van der Waals surface area (Å²) in [6.45, 7) is 8.89. The van der Waals surface area contributed by atoms with Gasteiger partial charge in [0.2, 0.25) is 5.91 Å². The molecule has 1 unspecified atom stereocenters. The molecule has 7 nitrogen and oxygen atoms in total. The number of anilines is 1. The third-order valence-electron chi connectivity index (χ3n) is 6.55. The number of piperidine rings is 2. The van der Waals surface area contributed by atoms with Crippen molar-refractivity contribution < 1.29 is 9.59 Å². The van der Waals surface area contributed by atoms with E-state index in [4.69, 9.17) is 18.4 Å². The first-order valence-corrected chi connectivity index (χ1v) is 12.7. The van der Waals surface area contributed by atoms with Crippen LogP contribution in [0.25, 0.3) is 10.2 Å². The fraction of sp³-hybridized carbons (Fsp3) is 0.609. The van der Waals surface area contributed by atoms with Crippen LogP contribution in [0, 0.1) is 6.92 Å². The van der Waals surface area contributed by atoms with Crippen molar-refractivity contribution in [1.29, 1.82) is 0 Å². The zero-order valence-corrected chi connectivity index (χ0v) is 20.8. The number of aromatic nitrogens is 1. The van der Waals surface area contributed by atoms with Gasteiger partial charge < -0.3 is 16.0 Å². The Bertz CT molecular complexity index is 1020. The number of nitrogen functional groups attached to an aromatic ring is 1. The van der Waals surface area contributed by atoms with Crippen LogP contribution in [0.15, 0.2) is 12.1 Å². The monoisotopic (exact) mass is 475 g/mol. The molecule has 1 atom stereocenters. The molecule has 2 aromatic rings. The fourth-order valence-electron chi connectivity index (χ4n) is 4.86. The maximum absolute atomic E-state index is 13.3. The van der Waals surface area contributed by atoms with E-state index in [9.17, 15) is 9.59 Å². The molecule has 0 spiro atoms. The zero-order valence-electron chi connectivity index (χ0n) is 19.1. The van der Waals surface area contributed by atoms with Gasteiger partial charge in [-0.3, -0.25) is 14.5 Å². The van der Waals surface area contributed by atoms with Crippen LogP contribution < -0.4 is 11.1 Å². The topological polar surface area (TPSA) is 91.6 Å². The van der Waals surface area contributed by atoms with Gasteiger partial charge in [0.05, 0.1) is 5.56 Å². The van der Waals surface area contributed by atoms with E-state index in [0.29, 0.717) is 36.2 Å². The van der Waals surface area contributed by atoms with E-state index in [1.807, 2.05) is 37.8 Å². The summed E-state index contributed by atoms with van der Waals surface area (Å²) in [5.74, 6) is 0.0214.